The van der Waals surface area contributed by atoms with Crippen molar-refractivity contribution in [1.29, 1.82) is 0 Å². The Morgan fingerprint density at radius 1 is 1.00 bits per heavy atom. The zero-order chi connectivity index (χ0) is 21.6. The molecule has 0 radical (unpaired) electrons. The molecule has 0 aromatic heterocycles. The molecule has 1 amide bonds. The zero-order valence-corrected chi connectivity index (χ0v) is 18.2. The van der Waals surface area contributed by atoms with Crippen LogP contribution in [-0.4, -0.2) is 54.9 Å². The molecule has 1 rings (SSSR count). The number of nitrogens with one attached hydrogen (secondary N) is 1. The fourth-order valence-electron chi connectivity index (χ4n) is 3.03. The Bertz CT molecular complexity index is 563. The van der Waals surface area contributed by atoms with Crippen LogP contribution < -0.4 is 5.32 Å². The molecule has 8 nitrogen and oxygen atoms in total. The lowest BCUT2D eigenvalue weighted by atomic mass is 9.81. The SMILES string of the molecule is CCOC(=O)C(CCCCB1OC(C)(C)C(C)(C)O1)(COC(C)=O)NC(C)=O. The fourth-order valence-corrected chi connectivity index (χ4v) is 3.03. The van der Waals surface area contributed by atoms with Crippen LogP contribution in [0.2, 0.25) is 6.32 Å². The number of unbranched alkanes of at least 4 members (excludes halogenated alkanes) is 1. The molecule has 0 spiro atoms. The molecule has 1 heterocycles. The van der Waals surface area contributed by atoms with E-state index in [0.29, 0.717) is 19.2 Å². The van der Waals surface area contributed by atoms with Gasteiger partial charge in [-0.3, -0.25) is 9.59 Å². The van der Waals surface area contributed by atoms with Gasteiger partial charge in [-0.1, -0.05) is 12.8 Å². The molecule has 1 aliphatic rings. The van der Waals surface area contributed by atoms with Gasteiger partial charge in [-0.05, 0) is 47.4 Å². The number of ether oxygens (including phenoxy) is 2. The first-order valence-corrected chi connectivity index (χ1v) is 9.80. The second-order valence-corrected chi connectivity index (χ2v) is 8.20. The molecule has 0 aromatic carbocycles. The molecule has 160 valence electrons. The van der Waals surface area contributed by atoms with Crippen molar-refractivity contribution in [1.82, 2.24) is 5.32 Å². The quantitative estimate of drug-likeness (QED) is 0.342. The summed E-state index contributed by atoms with van der Waals surface area (Å²) in [6.45, 7) is 12.1. The first-order chi connectivity index (χ1) is 12.8. The third kappa shape index (κ3) is 6.48. The second kappa shape index (κ2) is 9.74. The summed E-state index contributed by atoms with van der Waals surface area (Å²) < 4.78 is 22.1. The van der Waals surface area contributed by atoms with Gasteiger partial charge in [-0.25, -0.2) is 4.79 Å². The highest BCUT2D eigenvalue weighted by molar-refractivity contribution is 6.45. The molecule has 0 saturated carbocycles. The largest absolute Gasteiger partial charge is 0.464 e. The Balaban J connectivity index is 2.73. The third-order valence-corrected chi connectivity index (χ3v) is 5.20. The number of hydrogen-bond acceptors (Lipinski definition) is 7. The lowest BCUT2D eigenvalue weighted by Gasteiger charge is -2.32. The van der Waals surface area contributed by atoms with E-state index in [4.69, 9.17) is 18.8 Å². The van der Waals surface area contributed by atoms with Crippen LogP contribution in [0.25, 0.3) is 0 Å². The van der Waals surface area contributed by atoms with Crippen molar-refractivity contribution in [3.63, 3.8) is 0 Å². The summed E-state index contributed by atoms with van der Waals surface area (Å²) in [4.78, 5) is 35.5. The highest BCUT2D eigenvalue weighted by Gasteiger charge is 2.50. The minimum absolute atomic E-state index is 0.161. The number of carbonyl (C=O) groups is 3. The molecule has 1 N–H and O–H groups in total. The summed E-state index contributed by atoms with van der Waals surface area (Å²) in [6, 6.07) is 0. The fraction of sp³-hybridized carbons (Fsp3) is 0.842. The minimum Gasteiger partial charge on any atom is -0.464 e. The van der Waals surface area contributed by atoms with E-state index in [1.807, 2.05) is 27.7 Å². The first kappa shape index (κ1) is 24.4. The van der Waals surface area contributed by atoms with Crippen LogP contribution in [0.15, 0.2) is 0 Å². The second-order valence-electron chi connectivity index (χ2n) is 8.20. The molecule has 1 fully saturated rings. The van der Waals surface area contributed by atoms with E-state index in [9.17, 15) is 14.4 Å². The smallest absolute Gasteiger partial charge is 0.457 e. The van der Waals surface area contributed by atoms with Crippen molar-refractivity contribution >= 4 is 25.0 Å². The predicted molar refractivity (Wildman–Crippen MR) is 105 cm³/mol. The third-order valence-electron chi connectivity index (χ3n) is 5.20. The minimum atomic E-state index is -1.40. The molecule has 1 saturated heterocycles. The Morgan fingerprint density at radius 3 is 2.04 bits per heavy atom. The van der Waals surface area contributed by atoms with Gasteiger partial charge >= 0.3 is 19.1 Å². The summed E-state index contributed by atoms with van der Waals surface area (Å²) in [5.74, 6) is -1.54. The van der Waals surface area contributed by atoms with Gasteiger partial charge in [0, 0.05) is 13.8 Å². The highest BCUT2D eigenvalue weighted by atomic mass is 16.7. The number of hydrogen-bond donors (Lipinski definition) is 1. The monoisotopic (exact) mass is 399 g/mol. The normalized spacial score (nSPS) is 19.6. The van der Waals surface area contributed by atoms with Crippen LogP contribution >= 0.6 is 0 Å². The summed E-state index contributed by atoms with van der Waals surface area (Å²) >= 11 is 0. The zero-order valence-electron chi connectivity index (χ0n) is 18.2. The van der Waals surface area contributed by atoms with Crippen molar-refractivity contribution in [2.75, 3.05) is 13.2 Å². The van der Waals surface area contributed by atoms with E-state index in [-0.39, 0.29) is 26.8 Å². The van der Waals surface area contributed by atoms with Crippen LogP contribution in [0.1, 0.15) is 67.7 Å². The van der Waals surface area contributed by atoms with Crippen molar-refractivity contribution in [3.8, 4) is 0 Å². The lowest BCUT2D eigenvalue weighted by molar-refractivity contribution is -0.160. The summed E-state index contributed by atoms with van der Waals surface area (Å²) in [5.41, 5.74) is -2.18. The van der Waals surface area contributed by atoms with Crippen molar-refractivity contribution < 1.29 is 33.2 Å². The van der Waals surface area contributed by atoms with Crippen molar-refractivity contribution in [3.05, 3.63) is 0 Å². The molecule has 0 aliphatic carbocycles. The molecule has 0 aromatic rings. The summed E-state index contributed by atoms with van der Waals surface area (Å²) in [5, 5.41) is 2.63. The Hall–Kier alpha value is -1.61. The van der Waals surface area contributed by atoms with Gasteiger partial charge in [0.15, 0.2) is 5.54 Å². The number of rotatable bonds is 10. The molecule has 1 atom stereocenters. The van der Waals surface area contributed by atoms with Gasteiger partial charge in [0.2, 0.25) is 5.91 Å². The molecule has 0 bridgehead atoms. The average molecular weight is 399 g/mol. The predicted octanol–water partition coefficient (Wildman–Crippen LogP) is 2.25. The van der Waals surface area contributed by atoms with E-state index >= 15 is 0 Å². The Labute approximate surface area is 168 Å². The molecule has 9 heteroatoms. The molecular weight excluding hydrogens is 365 g/mol. The van der Waals surface area contributed by atoms with E-state index < -0.39 is 34.6 Å². The van der Waals surface area contributed by atoms with Crippen LogP contribution in [0.5, 0.6) is 0 Å². The topological polar surface area (TPSA) is 100 Å². The van der Waals surface area contributed by atoms with Gasteiger partial charge in [0.05, 0.1) is 17.8 Å². The van der Waals surface area contributed by atoms with Crippen LogP contribution in [-0.2, 0) is 33.2 Å². The van der Waals surface area contributed by atoms with E-state index in [1.165, 1.54) is 13.8 Å². The van der Waals surface area contributed by atoms with Crippen LogP contribution in [0.4, 0.5) is 0 Å². The summed E-state index contributed by atoms with van der Waals surface area (Å²) in [7, 11) is -0.323. The maximum atomic E-state index is 12.6. The Kier molecular flexibility index (Phi) is 8.50. The van der Waals surface area contributed by atoms with Gasteiger partial charge in [0.25, 0.3) is 0 Å². The van der Waals surface area contributed by atoms with Gasteiger partial charge in [-0.15, -0.1) is 0 Å². The lowest BCUT2D eigenvalue weighted by Crippen LogP contribution is -2.58. The number of esters is 2. The van der Waals surface area contributed by atoms with Crippen LogP contribution in [0.3, 0.4) is 0 Å². The van der Waals surface area contributed by atoms with E-state index in [1.54, 1.807) is 6.92 Å². The first-order valence-electron chi connectivity index (χ1n) is 9.80. The van der Waals surface area contributed by atoms with Crippen molar-refractivity contribution in [2.24, 2.45) is 0 Å². The number of carbonyl (C=O) groups excluding carboxylic acids is 3. The van der Waals surface area contributed by atoms with Gasteiger partial charge in [-0.2, -0.15) is 0 Å². The van der Waals surface area contributed by atoms with Gasteiger partial charge in [0.1, 0.15) is 6.61 Å². The highest BCUT2D eigenvalue weighted by Crippen LogP contribution is 2.38. The molecular formula is C19H34BNO7. The average Bonchev–Trinajstić information content (AvgIpc) is 2.75. The van der Waals surface area contributed by atoms with E-state index in [2.05, 4.69) is 5.32 Å². The van der Waals surface area contributed by atoms with Crippen molar-refractivity contribution in [2.45, 2.75) is 90.8 Å². The maximum Gasteiger partial charge on any atom is 0.457 e. The van der Waals surface area contributed by atoms with Crippen LogP contribution in [0, 0.1) is 0 Å². The number of amides is 1. The Morgan fingerprint density at radius 2 is 1.57 bits per heavy atom. The maximum absolute atomic E-state index is 12.6. The molecule has 28 heavy (non-hydrogen) atoms. The summed E-state index contributed by atoms with van der Waals surface area (Å²) in [6.07, 6.45) is 2.22. The standard InChI is InChI=1S/C19H34BNO7/c1-8-25-16(24)19(21-14(2)22,13-26-15(3)23)11-9-10-12-20-27-17(4,5)18(6,7)28-20/h8-13H2,1-7H3,(H,21,22). The van der Waals surface area contributed by atoms with Gasteiger partial charge < -0.3 is 24.1 Å². The molecule has 1 aliphatic heterocycles. The van der Waals surface area contributed by atoms with E-state index in [0.717, 1.165) is 0 Å². The molecule has 1 unspecified atom stereocenters.